The lowest BCUT2D eigenvalue weighted by atomic mass is 9.97. The molecule has 4 heteroatoms. The molecule has 0 spiro atoms. The highest BCUT2D eigenvalue weighted by atomic mass is 16.5. The molecule has 134 valence electrons. The Morgan fingerprint density at radius 3 is 2.12 bits per heavy atom. The second kappa shape index (κ2) is 6.94. The molecule has 0 aromatic heterocycles. The zero-order chi connectivity index (χ0) is 18.1. The third-order valence-electron chi connectivity index (χ3n) is 5.45. The number of ether oxygens (including phenoxy) is 1. The molecular formula is C22H22O4. The van der Waals surface area contributed by atoms with Crippen LogP contribution in [0.1, 0.15) is 42.7 Å². The van der Waals surface area contributed by atoms with Crippen molar-refractivity contribution in [2.75, 3.05) is 6.61 Å². The first-order valence-corrected chi connectivity index (χ1v) is 9.20. The van der Waals surface area contributed by atoms with E-state index in [9.17, 15) is 14.7 Å². The fourth-order valence-corrected chi connectivity index (χ4v) is 3.90. The third kappa shape index (κ3) is 3.36. The number of hydrogen-bond acceptors (Lipinski definition) is 3. The SMILES string of the molecule is O=C(C[C@H](CC1CC1)C(=O)O)OCC1c2ccccc2-c2ccccc21. The van der Waals surface area contributed by atoms with E-state index in [0.717, 1.165) is 24.0 Å². The van der Waals surface area contributed by atoms with E-state index in [1.807, 2.05) is 24.3 Å². The summed E-state index contributed by atoms with van der Waals surface area (Å²) in [5.74, 6) is -1.46. The van der Waals surface area contributed by atoms with Crippen LogP contribution in [0.15, 0.2) is 48.5 Å². The van der Waals surface area contributed by atoms with Gasteiger partial charge in [0.25, 0.3) is 0 Å². The lowest BCUT2D eigenvalue weighted by Gasteiger charge is -2.16. The molecule has 1 N–H and O–H groups in total. The predicted molar refractivity (Wildman–Crippen MR) is 97.8 cm³/mol. The molecule has 0 unspecified atom stereocenters. The number of rotatable bonds is 7. The average Bonchev–Trinajstić information content (AvgIpc) is 3.40. The highest BCUT2D eigenvalue weighted by molar-refractivity contribution is 5.80. The predicted octanol–water partition coefficient (Wildman–Crippen LogP) is 4.23. The highest BCUT2D eigenvalue weighted by Crippen LogP contribution is 2.44. The van der Waals surface area contributed by atoms with Gasteiger partial charge in [-0.25, -0.2) is 0 Å². The van der Waals surface area contributed by atoms with Crippen molar-refractivity contribution in [3.8, 4) is 11.1 Å². The quantitative estimate of drug-likeness (QED) is 0.759. The maximum absolute atomic E-state index is 12.3. The van der Waals surface area contributed by atoms with Gasteiger partial charge < -0.3 is 9.84 Å². The summed E-state index contributed by atoms with van der Waals surface area (Å²) in [4.78, 5) is 23.6. The van der Waals surface area contributed by atoms with E-state index in [1.165, 1.54) is 11.1 Å². The van der Waals surface area contributed by atoms with Gasteiger partial charge in [-0.15, -0.1) is 0 Å². The normalized spacial score (nSPS) is 16.6. The second-order valence-electron chi connectivity index (χ2n) is 7.33. The number of hydrogen-bond donors (Lipinski definition) is 1. The van der Waals surface area contributed by atoms with Crippen LogP contribution in [0.3, 0.4) is 0 Å². The van der Waals surface area contributed by atoms with Crippen LogP contribution >= 0.6 is 0 Å². The summed E-state index contributed by atoms with van der Waals surface area (Å²) in [5, 5.41) is 9.33. The summed E-state index contributed by atoms with van der Waals surface area (Å²) in [6.07, 6.45) is 2.70. The van der Waals surface area contributed by atoms with Crippen molar-refractivity contribution in [2.45, 2.75) is 31.6 Å². The minimum absolute atomic E-state index is 0.0121. The molecule has 2 aliphatic rings. The molecule has 0 bridgehead atoms. The first-order chi connectivity index (χ1) is 12.6. The smallest absolute Gasteiger partial charge is 0.307 e. The number of carboxylic acid groups (broad SMARTS) is 1. The van der Waals surface area contributed by atoms with Crippen molar-refractivity contribution < 1.29 is 19.4 Å². The van der Waals surface area contributed by atoms with Crippen LogP contribution < -0.4 is 0 Å². The summed E-state index contributed by atoms with van der Waals surface area (Å²) < 4.78 is 5.52. The molecule has 4 rings (SSSR count). The van der Waals surface area contributed by atoms with Crippen molar-refractivity contribution in [3.05, 3.63) is 59.7 Å². The minimum Gasteiger partial charge on any atom is -0.481 e. The van der Waals surface area contributed by atoms with Crippen molar-refractivity contribution >= 4 is 11.9 Å². The first kappa shape index (κ1) is 16.8. The summed E-state index contributed by atoms with van der Waals surface area (Å²) in [5.41, 5.74) is 4.69. The molecule has 2 aromatic carbocycles. The van der Waals surface area contributed by atoms with E-state index < -0.39 is 17.9 Å². The van der Waals surface area contributed by atoms with Crippen LogP contribution in [0.25, 0.3) is 11.1 Å². The van der Waals surface area contributed by atoms with Crippen LogP contribution in [0.2, 0.25) is 0 Å². The van der Waals surface area contributed by atoms with Gasteiger partial charge in [-0.2, -0.15) is 0 Å². The molecule has 4 nitrogen and oxygen atoms in total. The van der Waals surface area contributed by atoms with Gasteiger partial charge in [0.1, 0.15) is 6.61 Å². The van der Waals surface area contributed by atoms with Crippen LogP contribution in [-0.4, -0.2) is 23.7 Å². The molecule has 2 aliphatic carbocycles. The Labute approximate surface area is 152 Å². The fourth-order valence-electron chi connectivity index (χ4n) is 3.90. The van der Waals surface area contributed by atoms with E-state index in [4.69, 9.17) is 4.74 Å². The van der Waals surface area contributed by atoms with Crippen molar-refractivity contribution in [3.63, 3.8) is 0 Å². The Morgan fingerprint density at radius 2 is 1.58 bits per heavy atom. The largest absolute Gasteiger partial charge is 0.481 e. The van der Waals surface area contributed by atoms with Crippen LogP contribution in [-0.2, 0) is 14.3 Å². The third-order valence-corrected chi connectivity index (χ3v) is 5.45. The lowest BCUT2D eigenvalue weighted by molar-refractivity contribution is -0.152. The Kier molecular flexibility index (Phi) is 4.49. The lowest BCUT2D eigenvalue weighted by Crippen LogP contribution is -2.21. The van der Waals surface area contributed by atoms with Gasteiger partial charge in [0, 0.05) is 5.92 Å². The van der Waals surface area contributed by atoms with E-state index in [1.54, 1.807) is 0 Å². The van der Waals surface area contributed by atoms with Gasteiger partial charge >= 0.3 is 11.9 Å². The van der Waals surface area contributed by atoms with Crippen molar-refractivity contribution in [1.29, 1.82) is 0 Å². The summed E-state index contributed by atoms with van der Waals surface area (Å²) in [6.45, 7) is 0.253. The molecule has 2 aromatic rings. The van der Waals surface area contributed by atoms with Crippen LogP contribution in [0.5, 0.6) is 0 Å². The molecule has 1 saturated carbocycles. The number of benzene rings is 2. The summed E-state index contributed by atoms with van der Waals surface area (Å²) in [6, 6.07) is 16.3. The molecule has 1 fully saturated rings. The maximum Gasteiger partial charge on any atom is 0.307 e. The Balaban J connectivity index is 1.44. The summed E-state index contributed by atoms with van der Waals surface area (Å²) >= 11 is 0. The van der Waals surface area contributed by atoms with E-state index in [2.05, 4.69) is 24.3 Å². The molecule has 0 saturated heterocycles. The summed E-state index contributed by atoms with van der Waals surface area (Å²) in [7, 11) is 0. The number of fused-ring (bicyclic) bond motifs is 3. The van der Waals surface area contributed by atoms with Gasteiger partial charge in [-0.3, -0.25) is 9.59 Å². The minimum atomic E-state index is -0.898. The van der Waals surface area contributed by atoms with E-state index in [0.29, 0.717) is 12.3 Å². The van der Waals surface area contributed by atoms with Gasteiger partial charge in [-0.1, -0.05) is 61.4 Å². The molecule has 0 aliphatic heterocycles. The van der Waals surface area contributed by atoms with Gasteiger partial charge in [-0.05, 0) is 34.6 Å². The zero-order valence-corrected chi connectivity index (χ0v) is 14.6. The highest BCUT2D eigenvalue weighted by Gasteiger charge is 2.32. The molecule has 26 heavy (non-hydrogen) atoms. The fraction of sp³-hybridized carbons (Fsp3) is 0.364. The Morgan fingerprint density at radius 1 is 1.00 bits per heavy atom. The average molecular weight is 350 g/mol. The standard InChI is InChI=1S/C22H22O4/c23-21(12-15(22(24)25)11-14-9-10-14)26-13-20-18-7-3-1-5-16(18)17-6-2-4-8-19(17)20/h1-8,14-15,20H,9-13H2,(H,24,25)/t15-/m0/s1. The monoisotopic (exact) mass is 350 g/mol. The Bertz CT molecular complexity index is 792. The van der Waals surface area contributed by atoms with Crippen LogP contribution in [0, 0.1) is 11.8 Å². The van der Waals surface area contributed by atoms with Crippen molar-refractivity contribution in [1.82, 2.24) is 0 Å². The van der Waals surface area contributed by atoms with E-state index >= 15 is 0 Å². The van der Waals surface area contributed by atoms with Crippen molar-refractivity contribution in [2.24, 2.45) is 11.8 Å². The first-order valence-electron chi connectivity index (χ1n) is 9.20. The second-order valence-corrected chi connectivity index (χ2v) is 7.33. The van der Waals surface area contributed by atoms with Crippen LogP contribution in [0.4, 0.5) is 0 Å². The van der Waals surface area contributed by atoms with E-state index in [-0.39, 0.29) is 18.9 Å². The van der Waals surface area contributed by atoms with Gasteiger partial charge in [0.2, 0.25) is 0 Å². The number of carbonyl (C=O) groups excluding carboxylic acids is 1. The number of carboxylic acids is 1. The Hall–Kier alpha value is -2.62. The van der Waals surface area contributed by atoms with Gasteiger partial charge in [0.15, 0.2) is 0 Å². The molecule has 0 heterocycles. The molecule has 1 atom stereocenters. The molecule has 0 radical (unpaired) electrons. The number of aliphatic carboxylic acids is 1. The number of esters is 1. The maximum atomic E-state index is 12.3. The molecule has 0 amide bonds. The van der Waals surface area contributed by atoms with Gasteiger partial charge in [0.05, 0.1) is 12.3 Å². The number of carbonyl (C=O) groups is 2. The zero-order valence-electron chi connectivity index (χ0n) is 14.6. The molecular weight excluding hydrogens is 328 g/mol. The topological polar surface area (TPSA) is 63.6 Å².